The molecule has 3 atom stereocenters. The van der Waals surface area contributed by atoms with Crippen molar-refractivity contribution in [3.63, 3.8) is 0 Å². The lowest BCUT2D eigenvalue weighted by atomic mass is 9.90. The Morgan fingerprint density at radius 3 is 2.37 bits per heavy atom. The number of phenolic OH excluding ortho intramolecular Hbond substituents is 1. The van der Waals surface area contributed by atoms with Gasteiger partial charge in [0.15, 0.2) is 0 Å². The number of benzene rings is 1. The fourth-order valence-electron chi connectivity index (χ4n) is 2.28. The van der Waals surface area contributed by atoms with Gasteiger partial charge in [0.2, 0.25) is 0 Å². The smallest absolute Gasteiger partial charge is 0.115 e. The number of hydrogen-bond acceptors (Lipinski definition) is 2. The Bertz CT molecular complexity index is 369. The van der Waals surface area contributed by atoms with Gasteiger partial charge in [-0.1, -0.05) is 38.5 Å². The van der Waals surface area contributed by atoms with Gasteiger partial charge in [-0.05, 0) is 48.8 Å². The Balaban J connectivity index is 2.33. The molecule has 2 heteroatoms. The molecule has 0 bridgehead atoms. The van der Waals surface area contributed by atoms with Gasteiger partial charge in [0.05, 0.1) is 6.10 Å². The first kappa shape index (κ1) is 15.8. The summed E-state index contributed by atoms with van der Waals surface area (Å²) in [7, 11) is 0. The standard InChI is InChI=1S/C17H26O2/c1-4-5-17(19)14(3)7-6-13(2)12-15-8-10-16(18)11-9-15/h4,8-11,13-14,17-19H,1,5-7,12H2,2-3H3. The summed E-state index contributed by atoms with van der Waals surface area (Å²) in [5.41, 5.74) is 1.25. The summed E-state index contributed by atoms with van der Waals surface area (Å²) < 4.78 is 0. The molecular formula is C17H26O2. The van der Waals surface area contributed by atoms with Crippen LogP contribution in [0.4, 0.5) is 0 Å². The van der Waals surface area contributed by atoms with Crippen molar-refractivity contribution < 1.29 is 10.2 Å². The molecule has 0 radical (unpaired) electrons. The monoisotopic (exact) mass is 262 g/mol. The molecular weight excluding hydrogens is 236 g/mol. The summed E-state index contributed by atoms with van der Waals surface area (Å²) in [5.74, 6) is 1.22. The van der Waals surface area contributed by atoms with Crippen molar-refractivity contribution in [1.82, 2.24) is 0 Å². The first-order valence-electron chi connectivity index (χ1n) is 7.09. The van der Waals surface area contributed by atoms with Crippen molar-refractivity contribution >= 4 is 0 Å². The van der Waals surface area contributed by atoms with Gasteiger partial charge < -0.3 is 10.2 Å². The van der Waals surface area contributed by atoms with Gasteiger partial charge in [-0.2, -0.15) is 0 Å². The lowest BCUT2D eigenvalue weighted by Gasteiger charge is -2.19. The highest BCUT2D eigenvalue weighted by atomic mass is 16.3. The zero-order valence-electron chi connectivity index (χ0n) is 12.0. The van der Waals surface area contributed by atoms with E-state index < -0.39 is 0 Å². The van der Waals surface area contributed by atoms with Crippen molar-refractivity contribution in [2.45, 2.75) is 45.6 Å². The predicted molar refractivity (Wildman–Crippen MR) is 80.2 cm³/mol. The van der Waals surface area contributed by atoms with E-state index in [4.69, 9.17) is 0 Å². The molecule has 0 saturated carbocycles. The Morgan fingerprint density at radius 1 is 1.16 bits per heavy atom. The molecule has 0 spiro atoms. The van der Waals surface area contributed by atoms with Gasteiger partial charge in [-0.3, -0.25) is 0 Å². The van der Waals surface area contributed by atoms with Gasteiger partial charge in [-0.15, -0.1) is 6.58 Å². The van der Waals surface area contributed by atoms with E-state index in [1.807, 2.05) is 12.1 Å². The summed E-state index contributed by atoms with van der Waals surface area (Å²) >= 11 is 0. The fraction of sp³-hybridized carbons (Fsp3) is 0.529. The van der Waals surface area contributed by atoms with Crippen molar-refractivity contribution in [2.75, 3.05) is 0 Å². The van der Waals surface area contributed by atoms with Crippen LogP contribution in [0.3, 0.4) is 0 Å². The van der Waals surface area contributed by atoms with E-state index in [2.05, 4.69) is 20.4 Å². The highest BCUT2D eigenvalue weighted by Crippen LogP contribution is 2.21. The normalized spacial score (nSPS) is 15.7. The first-order chi connectivity index (χ1) is 9.02. The number of aromatic hydroxyl groups is 1. The molecule has 0 aliphatic rings. The summed E-state index contributed by atoms with van der Waals surface area (Å²) in [4.78, 5) is 0. The van der Waals surface area contributed by atoms with Crippen molar-refractivity contribution in [3.8, 4) is 5.75 Å². The molecule has 1 aromatic rings. The van der Waals surface area contributed by atoms with Crippen LogP contribution in [0.25, 0.3) is 0 Å². The lowest BCUT2D eigenvalue weighted by molar-refractivity contribution is 0.111. The number of aliphatic hydroxyl groups excluding tert-OH is 1. The number of hydrogen-bond donors (Lipinski definition) is 2. The van der Waals surface area contributed by atoms with E-state index in [-0.39, 0.29) is 6.10 Å². The second kappa shape index (κ2) is 8.00. The van der Waals surface area contributed by atoms with Gasteiger partial charge in [-0.25, -0.2) is 0 Å². The number of rotatable bonds is 8. The lowest BCUT2D eigenvalue weighted by Crippen LogP contribution is -2.17. The van der Waals surface area contributed by atoms with Crippen LogP contribution < -0.4 is 0 Å². The van der Waals surface area contributed by atoms with E-state index in [1.165, 1.54) is 5.56 Å². The third-order valence-corrected chi connectivity index (χ3v) is 3.70. The summed E-state index contributed by atoms with van der Waals surface area (Å²) in [6.45, 7) is 8.00. The van der Waals surface area contributed by atoms with Gasteiger partial charge in [0.25, 0.3) is 0 Å². The zero-order valence-corrected chi connectivity index (χ0v) is 12.0. The highest BCUT2D eigenvalue weighted by molar-refractivity contribution is 5.26. The molecule has 2 N–H and O–H groups in total. The molecule has 0 fully saturated rings. The van der Waals surface area contributed by atoms with Crippen LogP contribution >= 0.6 is 0 Å². The summed E-state index contributed by atoms with van der Waals surface area (Å²) in [6.07, 6.45) is 5.35. The maximum atomic E-state index is 9.85. The SMILES string of the molecule is C=CCC(O)C(C)CCC(C)Cc1ccc(O)cc1. The molecule has 106 valence electrons. The minimum atomic E-state index is -0.265. The molecule has 1 aromatic carbocycles. The number of aliphatic hydroxyl groups is 1. The van der Waals surface area contributed by atoms with Crippen LogP contribution in [0.2, 0.25) is 0 Å². The van der Waals surface area contributed by atoms with E-state index in [9.17, 15) is 10.2 Å². The van der Waals surface area contributed by atoms with Gasteiger partial charge >= 0.3 is 0 Å². The maximum absolute atomic E-state index is 9.85. The average Bonchev–Trinajstić information content (AvgIpc) is 2.39. The van der Waals surface area contributed by atoms with Crippen LogP contribution in [0, 0.1) is 11.8 Å². The molecule has 0 heterocycles. The van der Waals surface area contributed by atoms with E-state index >= 15 is 0 Å². The Kier molecular flexibility index (Phi) is 6.65. The quantitative estimate of drug-likeness (QED) is 0.697. The van der Waals surface area contributed by atoms with Gasteiger partial charge in [0, 0.05) is 0 Å². The molecule has 2 nitrogen and oxygen atoms in total. The van der Waals surface area contributed by atoms with Gasteiger partial charge in [0.1, 0.15) is 5.75 Å². The summed E-state index contributed by atoms with van der Waals surface area (Å²) in [5, 5.41) is 19.1. The second-order valence-corrected chi connectivity index (χ2v) is 5.62. The predicted octanol–water partition coefficient (Wildman–Crippen LogP) is 3.92. The molecule has 0 aliphatic heterocycles. The second-order valence-electron chi connectivity index (χ2n) is 5.62. The zero-order chi connectivity index (χ0) is 14.3. The maximum Gasteiger partial charge on any atom is 0.115 e. The average molecular weight is 262 g/mol. The molecule has 0 aromatic heterocycles. The molecule has 0 amide bonds. The minimum absolute atomic E-state index is 0.265. The Morgan fingerprint density at radius 2 is 1.79 bits per heavy atom. The largest absolute Gasteiger partial charge is 0.508 e. The third kappa shape index (κ3) is 5.93. The molecule has 19 heavy (non-hydrogen) atoms. The molecule has 0 saturated heterocycles. The highest BCUT2D eigenvalue weighted by Gasteiger charge is 2.14. The van der Waals surface area contributed by atoms with Crippen molar-refractivity contribution in [2.24, 2.45) is 11.8 Å². The van der Waals surface area contributed by atoms with Crippen molar-refractivity contribution in [3.05, 3.63) is 42.5 Å². The van der Waals surface area contributed by atoms with Crippen LogP contribution in [0.5, 0.6) is 5.75 Å². The van der Waals surface area contributed by atoms with Crippen LogP contribution in [-0.4, -0.2) is 16.3 Å². The van der Waals surface area contributed by atoms with Crippen LogP contribution in [0.15, 0.2) is 36.9 Å². The molecule has 0 aliphatic carbocycles. The van der Waals surface area contributed by atoms with Crippen molar-refractivity contribution in [1.29, 1.82) is 0 Å². The first-order valence-corrected chi connectivity index (χ1v) is 7.09. The van der Waals surface area contributed by atoms with E-state index in [0.717, 1.165) is 19.3 Å². The minimum Gasteiger partial charge on any atom is -0.508 e. The molecule has 3 unspecified atom stereocenters. The third-order valence-electron chi connectivity index (χ3n) is 3.70. The van der Waals surface area contributed by atoms with E-state index in [0.29, 0.717) is 24.0 Å². The van der Waals surface area contributed by atoms with Crippen LogP contribution in [0.1, 0.15) is 38.7 Å². The Hall–Kier alpha value is -1.28. The summed E-state index contributed by atoms with van der Waals surface area (Å²) in [6, 6.07) is 7.42. The van der Waals surface area contributed by atoms with E-state index in [1.54, 1.807) is 18.2 Å². The number of phenols is 1. The molecule has 1 rings (SSSR count). The fourth-order valence-corrected chi connectivity index (χ4v) is 2.28. The van der Waals surface area contributed by atoms with Crippen LogP contribution in [-0.2, 0) is 6.42 Å². The topological polar surface area (TPSA) is 40.5 Å². The Labute approximate surface area is 116 Å².